The van der Waals surface area contributed by atoms with Crippen LogP contribution >= 0.6 is 0 Å². The lowest BCUT2D eigenvalue weighted by Gasteiger charge is -2.19. The van der Waals surface area contributed by atoms with Gasteiger partial charge < -0.3 is 31.2 Å². The van der Waals surface area contributed by atoms with E-state index >= 15 is 0 Å². The average Bonchev–Trinajstić information content (AvgIpc) is 3.67. The number of anilines is 2. The van der Waals surface area contributed by atoms with Gasteiger partial charge in [0.05, 0.1) is 31.2 Å². The lowest BCUT2D eigenvalue weighted by molar-refractivity contribution is -0.738. The maximum absolute atomic E-state index is 12.9. The molecule has 2 saturated heterocycles. The van der Waals surface area contributed by atoms with Crippen LogP contribution in [-0.4, -0.2) is 90.6 Å². The fourth-order valence-electron chi connectivity index (χ4n) is 5.06. The van der Waals surface area contributed by atoms with Crippen LogP contribution in [0, 0.1) is 0 Å². The van der Waals surface area contributed by atoms with E-state index in [9.17, 15) is 28.2 Å². The first-order valence-electron chi connectivity index (χ1n) is 12.4. The molecular formula is C20H27N12O8S+. The lowest BCUT2D eigenvalue weighted by Crippen LogP contribution is -2.49. The molecule has 4 aromatic heterocycles. The van der Waals surface area contributed by atoms with Crippen LogP contribution in [0.4, 0.5) is 11.9 Å². The highest BCUT2D eigenvalue weighted by Crippen LogP contribution is 2.31. The molecule has 0 bridgehead atoms. The molecule has 11 N–H and O–H groups in total. The standard InChI is InChI=1S/C20H26N12O8S/c21-19-26-15-13(17(35)28-19)23-5-31(15)11-1-7(10(4-33)40-11)30-41(37,38)25-3-9-8(34)2-12(39-9)32-6-24-14-16(32)27-20(22)29-18(14)36/h5-12,25,30,33-34H,1-4H2,(H6,21,22,26,27,28,29,35,36)/p+1. The quantitative estimate of drug-likeness (QED) is 0.0870. The minimum Gasteiger partial charge on any atom is -0.394 e. The highest BCUT2D eigenvalue weighted by atomic mass is 32.2. The molecule has 4 aromatic rings. The van der Waals surface area contributed by atoms with Gasteiger partial charge in [-0.25, -0.2) is 9.55 Å². The van der Waals surface area contributed by atoms with Gasteiger partial charge in [0.25, 0.3) is 27.3 Å². The molecule has 21 heteroatoms. The molecule has 0 aliphatic carbocycles. The Hall–Kier alpha value is -3.99. The Balaban J connectivity index is 1.11. The second kappa shape index (κ2) is 10.1. The van der Waals surface area contributed by atoms with Gasteiger partial charge in [-0.15, -0.1) is 0 Å². The molecule has 20 nitrogen and oxygen atoms in total. The number of aliphatic hydroxyl groups is 2. The molecule has 41 heavy (non-hydrogen) atoms. The second-order valence-electron chi connectivity index (χ2n) is 9.66. The molecule has 2 aliphatic heterocycles. The fraction of sp³-hybridized carbons (Fsp3) is 0.500. The number of nitrogens with zero attached hydrogens (tertiary/aromatic N) is 5. The van der Waals surface area contributed by atoms with Crippen molar-refractivity contribution >= 4 is 44.4 Å². The number of ether oxygens (including phenoxy) is 2. The molecule has 0 aromatic carbocycles. The molecular weight excluding hydrogens is 568 g/mol. The number of nitrogen functional groups attached to an aromatic ring is 2. The number of aliphatic hydroxyl groups excluding tert-OH is 2. The second-order valence-corrected chi connectivity index (χ2v) is 11.2. The average molecular weight is 596 g/mol. The van der Waals surface area contributed by atoms with E-state index in [0.29, 0.717) is 0 Å². The van der Waals surface area contributed by atoms with Crippen molar-refractivity contribution in [2.24, 2.45) is 0 Å². The van der Waals surface area contributed by atoms with Gasteiger partial charge in [0.1, 0.15) is 12.3 Å². The predicted octanol–water partition coefficient (Wildman–Crippen LogP) is -4.44. The number of rotatable bonds is 8. The maximum Gasteiger partial charge on any atom is 0.313 e. The number of nitrogens with one attached hydrogen (secondary N) is 5. The summed E-state index contributed by atoms with van der Waals surface area (Å²) in [6.45, 7) is -0.785. The van der Waals surface area contributed by atoms with Crippen molar-refractivity contribution in [3.63, 3.8) is 0 Å². The van der Waals surface area contributed by atoms with Crippen molar-refractivity contribution in [1.29, 1.82) is 0 Å². The monoisotopic (exact) mass is 595 g/mol. The van der Waals surface area contributed by atoms with Crippen LogP contribution in [0.1, 0.15) is 25.3 Å². The van der Waals surface area contributed by atoms with E-state index in [1.165, 1.54) is 21.8 Å². The Kier molecular flexibility index (Phi) is 6.72. The maximum atomic E-state index is 12.9. The molecule has 2 fully saturated rings. The summed E-state index contributed by atoms with van der Waals surface area (Å²) in [5.74, 6) is -0.225. The van der Waals surface area contributed by atoms with Crippen LogP contribution in [0.3, 0.4) is 0 Å². The molecule has 6 heterocycles. The SMILES string of the molecule is Nc1nc2c(ncn2C2CC(NS(=O)(=O)NCC3OC([n+]4c[nH]c5c(=O)[nH]c(N)nc54)CC3O)C(CO)O2)c(=O)[nH]1. The van der Waals surface area contributed by atoms with Gasteiger partial charge in [0, 0.05) is 19.4 Å². The summed E-state index contributed by atoms with van der Waals surface area (Å²) in [6.07, 6.45) is -1.51. The van der Waals surface area contributed by atoms with Crippen molar-refractivity contribution in [3.05, 3.63) is 33.4 Å². The Morgan fingerprint density at radius 1 is 1.12 bits per heavy atom. The van der Waals surface area contributed by atoms with Gasteiger partial charge in [-0.1, -0.05) is 4.98 Å². The molecule has 0 radical (unpaired) electrons. The summed E-state index contributed by atoms with van der Waals surface area (Å²) in [6, 6.07) is -0.863. The van der Waals surface area contributed by atoms with E-state index in [2.05, 4.69) is 39.3 Å². The summed E-state index contributed by atoms with van der Waals surface area (Å²) in [7, 11) is -4.17. The zero-order valence-electron chi connectivity index (χ0n) is 21.1. The highest BCUT2D eigenvalue weighted by Gasteiger charge is 2.41. The third-order valence-corrected chi connectivity index (χ3v) is 8.14. The number of H-pyrrole nitrogens is 3. The number of aromatic amines is 3. The Labute approximate surface area is 228 Å². The first-order chi connectivity index (χ1) is 19.5. The van der Waals surface area contributed by atoms with E-state index in [1.54, 1.807) is 0 Å². The minimum absolute atomic E-state index is 0.0271. The van der Waals surface area contributed by atoms with E-state index in [0.717, 1.165) is 0 Å². The van der Waals surface area contributed by atoms with Gasteiger partial charge in [-0.3, -0.25) is 29.1 Å². The smallest absolute Gasteiger partial charge is 0.313 e. The van der Waals surface area contributed by atoms with Crippen LogP contribution in [0.2, 0.25) is 0 Å². The molecule has 6 unspecified atom stereocenters. The molecule has 220 valence electrons. The largest absolute Gasteiger partial charge is 0.394 e. The van der Waals surface area contributed by atoms with Crippen LogP contribution in [0.5, 0.6) is 0 Å². The van der Waals surface area contributed by atoms with E-state index in [4.69, 9.17) is 20.9 Å². The van der Waals surface area contributed by atoms with E-state index in [1.807, 2.05) is 0 Å². The minimum atomic E-state index is -4.17. The van der Waals surface area contributed by atoms with Gasteiger partial charge in [0.2, 0.25) is 11.5 Å². The van der Waals surface area contributed by atoms with Crippen molar-refractivity contribution in [3.8, 4) is 0 Å². The summed E-state index contributed by atoms with van der Waals surface area (Å²) >= 11 is 0. The third-order valence-electron chi connectivity index (χ3n) is 6.98. The van der Waals surface area contributed by atoms with Gasteiger partial charge in [-0.2, -0.15) is 22.8 Å². The van der Waals surface area contributed by atoms with Crippen molar-refractivity contribution < 1.29 is 32.7 Å². The van der Waals surface area contributed by atoms with Gasteiger partial charge in [0.15, 0.2) is 23.7 Å². The van der Waals surface area contributed by atoms with Crippen molar-refractivity contribution in [2.75, 3.05) is 24.6 Å². The fourth-order valence-corrected chi connectivity index (χ4v) is 6.17. The number of aromatic nitrogens is 8. The molecule has 6 rings (SSSR count). The summed E-state index contributed by atoms with van der Waals surface area (Å²) in [5.41, 5.74) is 10.8. The molecule has 0 saturated carbocycles. The number of hydrogen-bond acceptors (Lipinski definition) is 13. The van der Waals surface area contributed by atoms with E-state index in [-0.39, 0.29) is 53.6 Å². The molecule has 0 amide bonds. The Morgan fingerprint density at radius 2 is 1.88 bits per heavy atom. The number of hydrogen-bond donors (Lipinski definition) is 9. The topological polar surface area (TPSA) is 298 Å². The number of fused-ring (bicyclic) bond motifs is 2. The van der Waals surface area contributed by atoms with E-state index < -0.39 is 64.7 Å². The zero-order valence-corrected chi connectivity index (χ0v) is 21.9. The van der Waals surface area contributed by atoms with Crippen LogP contribution in [0.15, 0.2) is 22.2 Å². The number of nitrogens with two attached hydrogens (primary N) is 2. The highest BCUT2D eigenvalue weighted by molar-refractivity contribution is 7.87. The van der Waals surface area contributed by atoms with Crippen molar-refractivity contribution in [1.82, 2.24) is 43.9 Å². The third kappa shape index (κ3) is 5.03. The van der Waals surface area contributed by atoms with Gasteiger partial charge >= 0.3 is 5.65 Å². The predicted molar refractivity (Wildman–Crippen MR) is 138 cm³/mol. The van der Waals surface area contributed by atoms with Crippen LogP contribution in [0.25, 0.3) is 22.3 Å². The summed E-state index contributed by atoms with van der Waals surface area (Å²) in [4.78, 5) is 43.9. The first kappa shape index (κ1) is 27.2. The van der Waals surface area contributed by atoms with Crippen LogP contribution < -0.4 is 36.6 Å². The lowest BCUT2D eigenvalue weighted by atomic mass is 10.1. The summed E-state index contributed by atoms with van der Waals surface area (Å²) in [5, 5.41) is 20.4. The normalized spacial score (nSPS) is 26.9. The molecule has 6 atom stereocenters. The molecule has 2 aliphatic rings. The first-order valence-corrected chi connectivity index (χ1v) is 13.9. The molecule has 0 spiro atoms. The van der Waals surface area contributed by atoms with Gasteiger partial charge in [-0.05, 0) is 0 Å². The zero-order chi connectivity index (χ0) is 29.1. The summed E-state index contributed by atoms with van der Waals surface area (Å²) < 4.78 is 45.2. The van der Waals surface area contributed by atoms with Crippen LogP contribution in [-0.2, 0) is 19.7 Å². The Bertz CT molecular complexity index is 1830. The number of imidazole rings is 2. The van der Waals surface area contributed by atoms with Crippen molar-refractivity contribution in [2.45, 2.75) is 49.7 Å². The Morgan fingerprint density at radius 3 is 2.66 bits per heavy atom.